The van der Waals surface area contributed by atoms with Gasteiger partial charge in [0.2, 0.25) is 10.0 Å². The number of hydrogen-bond acceptors (Lipinski definition) is 6. The second-order valence-corrected chi connectivity index (χ2v) is 6.84. The number of aliphatic hydroxyl groups is 1. The summed E-state index contributed by atoms with van der Waals surface area (Å²) in [6.07, 6.45) is 3.86. The number of nitrogens with one attached hydrogen (secondary N) is 1. The van der Waals surface area contributed by atoms with Gasteiger partial charge in [-0.25, -0.2) is 13.1 Å². The Bertz CT molecular complexity index is 602. The van der Waals surface area contributed by atoms with Crippen LogP contribution < -0.4 is 4.72 Å². The monoisotopic (exact) mass is 315 g/mol. The number of nitrogens with zero attached hydrogens (tertiary/aromatic N) is 2. The summed E-state index contributed by atoms with van der Waals surface area (Å²) in [5.41, 5.74) is 0. The minimum Gasteiger partial charge on any atom is -0.393 e. The van der Waals surface area contributed by atoms with Crippen LogP contribution in [0.2, 0.25) is 0 Å². The zero-order valence-corrected chi connectivity index (χ0v) is 12.1. The molecule has 1 aromatic heterocycles. The first-order valence-electron chi connectivity index (χ1n) is 6.68. The van der Waals surface area contributed by atoms with Crippen LogP contribution in [-0.4, -0.2) is 36.1 Å². The Balaban J connectivity index is 2.02. The van der Waals surface area contributed by atoms with Crippen LogP contribution in [0.25, 0.3) is 0 Å². The molecular weight excluding hydrogens is 298 g/mol. The lowest BCUT2D eigenvalue weighted by Gasteiger charge is -2.27. The van der Waals surface area contributed by atoms with E-state index in [1.54, 1.807) is 0 Å². The topological polar surface area (TPSA) is 122 Å². The number of pyridine rings is 1. The maximum atomic E-state index is 12.1. The quantitative estimate of drug-likeness (QED) is 0.612. The minimum absolute atomic E-state index is 0.0977. The van der Waals surface area contributed by atoms with E-state index >= 15 is 0 Å². The summed E-state index contributed by atoms with van der Waals surface area (Å²) in [6, 6.07) is 2.19. The molecule has 2 unspecified atom stereocenters. The molecule has 21 heavy (non-hydrogen) atoms. The zero-order chi connectivity index (χ0) is 15.5. The van der Waals surface area contributed by atoms with Crippen LogP contribution in [0.15, 0.2) is 23.2 Å². The molecule has 0 amide bonds. The minimum atomic E-state index is -3.77. The second-order valence-electron chi connectivity index (χ2n) is 5.07. The van der Waals surface area contributed by atoms with Gasteiger partial charge in [0.1, 0.15) is 4.90 Å². The fraction of sp³-hybridized carbons (Fsp3) is 0.583. The summed E-state index contributed by atoms with van der Waals surface area (Å²) in [5.74, 6) is -0.504. The third-order valence-corrected chi connectivity index (χ3v) is 5.03. The number of rotatable bonds is 5. The third kappa shape index (κ3) is 3.96. The maximum absolute atomic E-state index is 12.1. The molecule has 0 aromatic carbocycles. The highest BCUT2D eigenvalue weighted by atomic mass is 32.2. The van der Waals surface area contributed by atoms with E-state index in [2.05, 4.69) is 9.71 Å². The number of nitro groups is 1. The lowest BCUT2D eigenvalue weighted by molar-refractivity contribution is -0.389. The molecule has 1 heterocycles. The van der Waals surface area contributed by atoms with Gasteiger partial charge in [0.25, 0.3) is 0 Å². The lowest BCUT2D eigenvalue weighted by atomic mass is 9.87. The van der Waals surface area contributed by atoms with Gasteiger partial charge >= 0.3 is 5.82 Å². The van der Waals surface area contributed by atoms with Gasteiger partial charge in [-0.2, -0.15) is 0 Å². The largest absolute Gasteiger partial charge is 0.393 e. The van der Waals surface area contributed by atoms with Crippen molar-refractivity contribution in [3.8, 4) is 0 Å². The van der Waals surface area contributed by atoms with E-state index in [4.69, 9.17) is 0 Å². The number of sulfonamides is 1. The van der Waals surface area contributed by atoms with Gasteiger partial charge in [-0.15, -0.1) is 0 Å². The van der Waals surface area contributed by atoms with Crippen LogP contribution in [0.1, 0.15) is 25.7 Å². The molecule has 8 nitrogen and oxygen atoms in total. The summed E-state index contributed by atoms with van der Waals surface area (Å²) in [4.78, 5) is 13.1. The molecule has 0 aliphatic heterocycles. The molecule has 9 heteroatoms. The van der Waals surface area contributed by atoms with Crippen molar-refractivity contribution in [3.05, 3.63) is 28.4 Å². The molecule has 0 bridgehead atoms. The predicted octanol–water partition coefficient (Wildman–Crippen LogP) is 0.819. The van der Waals surface area contributed by atoms with Crippen LogP contribution in [0.3, 0.4) is 0 Å². The van der Waals surface area contributed by atoms with E-state index in [0.717, 1.165) is 37.6 Å². The Morgan fingerprint density at radius 2 is 2.10 bits per heavy atom. The van der Waals surface area contributed by atoms with Gasteiger partial charge in [0.05, 0.1) is 6.10 Å². The molecule has 2 atom stereocenters. The van der Waals surface area contributed by atoms with Crippen molar-refractivity contribution in [2.45, 2.75) is 36.7 Å². The lowest BCUT2D eigenvalue weighted by Crippen LogP contribution is -2.36. The van der Waals surface area contributed by atoms with E-state index in [1.807, 2.05) is 0 Å². The van der Waals surface area contributed by atoms with Crippen molar-refractivity contribution in [3.63, 3.8) is 0 Å². The van der Waals surface area contributed by atoms with E-state index in [1.165, 1.54) is 0 Å². The normalized spacial score (nSPS) is 22.9. The highest BCUT2D eigenvalue weighted by Gasteiger charge is 2.25. The van der Waals surface area contributed by atoms with Gasteiger partial charge in [0, 0.05) is 12.6 Å². The fourth-order valence-corrected chi connectivity index (χ4v) is 3.40. The molecule has 2 rings (SSSR count). The van der Waals surface area contributed by atoms with Crippen LogP contribution >= 0.6 is 0 Å². The van der Waals surface area contributed by atoms with Crippen LogP contribution in [0, 0.1) is 16.0 Å². The van der Waals surface area contributed by atoms with Crippen LogP contribution in [0.5, 0.6) is 0 Å². The zero-order valence-electron chi connectivity index (χ0n) is 11.3. The van der Waals surface area contributed by atoms with Crippen molar-refractivity contribution in [2.75, 3.05) is 6.54 Å². The van der Waals surface area contributed by atoms with E-state index in [-0.39, 0.29) is 17.4 Å². The van der Waals surface area contributed by atoms with E-state index in [9.17, 15) is 23.6 Å². The summed E-state index contributed by atoms with van der Waals surface area (Å²) >= 11 is 0. The van der Waals surface area contributed by atoms with Gasteiger partial charge in [0.15, 0.2) is 6.20 Å². The first kappa shape index (κ1) is 15.8. The number of hydrogen-bond donors (Lipinski definition) is 2. The summed E-state index contributed by atoms with van der Waals surface area (Å²) in [5, 5.41) is 20.3. The fourth-order valence-electron chi connectivity index (χ4n) is 2.37. The van der Waals surface area contributed by atoms with Gasteiger partial charge in [-0.1, -0.05) is 12.8 Å². The molecule has 0 saturated heterocycles. The molecule has 0 radical (unpaired) electrons. The van der Waals surface area contributed by atoms with E-state index < -0.39 is 26.9 Å². The van der Waals surface area contributed by atoms with Crippen molar-refractivity contribution < 1.29 is 18.4 Å². The van der Waals surface area contributed by atoms with Gasteiger partial charge < -0.3 is 15.2 Å². The molecule has 1 aliphatic carbocycles. The first-order chi connectivity index (χ1) is 9.90. The highest BCUT2D eigenvalue weighted by molar-refractivity contribution is 7.89. The average molecular weight is 315 g/mol. The highest BCUT2D eigenvalue weighted by Crippen LogP contribution is 2.24. The predicted molar refractivity (Wildman–Crippen MR) is 74.0 cm³/mol. The molecule has 0 spiro atoms. The van der Waals surface area contributed by atoms with Crippen molar-refractivity contribution in [1.29, 1.82) is 0 Å². The van der Waals surface area contributed by atoms with Gasteiger partial charge in [-0.05, 0) is 34.7 Å². The molecule has 116 valence electrons. The van der Waals surface area contributed by atoms with E-state index in [0.29, 0.717) is 6.42 Å². The Morgan fingerprint density at radius 3 is 2.67 bits per heavy atom. The molecular formula is C12H17N3O5S. The SMILES string of the molecule is O=[N+]([O-])c1ccc(S(=O)(=O)NCC2CCCCC2O)cn1. The summed E-state index contributed by atoms with van der Waals surface area (Å²) in [7, 11) is -3.77. The molecule has 1 saturated carbocycles. The second kappa shape index (κ2) is 6.46. The summed E-state index contributed by atoms with van der Waals surface area (Å²) < 4.78 is 26.5. The Morgan fingerprint density at radius 1 is 1.38 bits per heavy atom. The van der Waals surface area contributed by atoms with Gasteiger partial charge in [-0.3, -0.25) is 0 Å². The maximum Gasteiger partial charge on any atom is 0.363 e. The molecule has 2 N–H and O–H groups in total. The van der Waals surface area contributed by atoms with Crippen molar-refractivity contribution in [1.82, 2.24) is 9.71 Å². The standard InChI is InChI=1S/C12H17N3O5S/c16-11-4-2-1-3-9(11)7-14-21(19,20)10-5-6-12(13-8-10)15(17)18/h5-6,8-9,11,14,16H,1-4,7H2. The summed E-state index contributed by atoms with van der Waals surface area (Å²) in [6.45, 7) is 0.153. The van der Waals surface area contributed by atoms with Crippen LogP contribution in [0.4, 0.5) is 5.82 Å². The average Bonchev–Trinajstić information content (AvgIpc) is 2.46. The van der Waals surface area contributed by atoms with Crippen molar-refractivity contribution in [2.24, 2.45) is 5.92 Å². The smallest absolute Gasteiger partial charge is 0.363 e. The Kier molecular flexibility index (Phi) is 4.86. The molecule has 1 aliphatic rings. The van der Waals surface area contributed by atoms with Crippen molar-refractivity contribution >= 4 is 15.8 Å². The molecule has 1 aromatic rings. The number of aromatic nitrogens is 1. The first-order valence-corrected chi connectivity index (χ1v) is 8.16. The van der Waals surface area contributed by atoms with Crippen LogP contribution in [-0.2, 0) is 10.0 Å². The Labute approximate surface area is 122 Å². The molecule has 1 fully saturated rings. The number of aliphatic hydroxyl groups excluding tert-OH is 1. The third-order valence-electron chi connectivity index (χ3n) is 3.62. The Hall–Kier alpha value is -1.58.